The first-order valence-corrected chi connectivity index (χ1v) is 5.88. The Morgan fingerprint density at radius 2 is 1.90 bits per heavy atom. The van der Waals surface area contributed by atoms with E-state index in [2.05, 4.69) is 10.1 Å². The number of benzene rings is 1. The van der Waals surface area contributed by atoms with Crippen LogP contribution in [0, 0.1) is 10.1 Å². The number of nitro benzene ring substituents is 1. The second-order valence-corrected chi connectivity index (χ2v) is 3.55. The zero-order chi connectivity index (χ0) is 15.1. The third-order valence-electron chi connectivity index (χ3n) is 2.22. The normalized spacial score (nSPS) is 9.70. The van der Waals surface area contributed by atoms with E-state index in [0.29, 0.717) is 0 Å². The van der Waals surface area contributed by atoms with E-state index >= 15 is 0 Å². The maximum Gasteiger partial charge on any atom is 0.411 e. The third-order valence-corrected chi connectivity index (χ3v) is 2.22. The number of rotatable bonds is 5. The molecule has 1 amide bonds. The zero-order valence-electron chi connectivity index (χ0n) is 11.0. The molecule has 1 rings (SSSR count). The van der Waals surface area contributed by atoms with Gasteiger partial charge in [-0.3, -0.25) is 15.4 Å². The lowest BCUT2D eigenvalue weighted by Gasteiger charge is -2.10. The molecule has 0 atom stereocenters. The molecule has 0 saturated heterocycles. The van der Waals surface area contributed by atoms with Gasteiger partial charge in [-0.1, -0.05) is 0 Å². The van der Waals surface area contributed by atoms with Crippen molar-refractivity contribution in [3.8, 4) is 0 Å². The van der Waals surface area contributed by atoms with E-state index in [9.17, 15) is 19.7 Å². The molecule has 0 radical (unpaired) electrons. The first kappa shape index (κ1) is 15.4. The zero-order valence-corrected chi connectivity index (χ0v) is 11.0. The van der Waals surface area contributed by atoms with Gasteiger partial charge in [0.1, 0.15) is 0 Å². The Bertz CT molecular complexity index is 529. The molecule has 1 aromatic carbocycles. The Hall–Kier alpha value is -2.64. The van der Waals surface area contributed by atoms with Crippen LogP contribution in [0.5, 0.6) is 0 Å². The van der Waals surface area contributed by atoms with E-state index in [0.717, 1.165) is 6.07 Å². The number of carbonyl (C=O) groups excluding carboxylic acids is 2. The number of anilines is 1. The molecular formula is C12H14N2O6. The molecule has 0 saturated carbocycles. The molecule has 0 fully saturated rings. The SMILES string of the molecule is CCOC(=O)Nc1ccc([N+](=O)[O-])cc1C(=O)OCC. The van der Waals surface area contributed by atoms with Gasteiger partial charge >= 0.3 is 12.1 Å². The number of non-ortho nitro benzene ring substituents is 1. The second kappa shape index (κ2) is 7.07. The number of ether oxygens (including phenoxy) is 2. The molecule has 0 aliphatic heterocycles. The molecule has 8 nitrogen and oxygen atoms in total. The Kier molecular flexibility index (Phi) is 5.45. The fraction of sp³-hybridized carbons (Fsp3) is 0.333. The largest absolute Gasteiger partial charge is 0.462 e. The summed E-state index contributed by atoms with van der Waals surface area (Å²) in [7, 11) is 0. The van der Waals surface area contributed by atoms with Crippen molar-refractivity contribution in [3.05, 3.63) is 33.9 Å². The first-order valence-electron chi connectivity index (χ1n) is 5.88. The predicted octanol–water partition coefficient (Wildman–Crippen LogP) is 2.34. The van der Waals surface area contributed by atoms with E-state index in [1.807, 2.05) is 0 Å². The summed E-state index contributed by atoms with van der Waals surface area (Å²) in [6, 6.07) is 3.46. The molecule has 0 aliphatic carbocycles. The summed E-state index contributed by atoms with van der Waals surface area (Å²) in [5, 5.41) is 13.0. The minimum absolute atomic E-state index is 0.0903. The fourth-order valence-corrected chi connectivity index (χ4v) is 1.41. The molecule has 0 aliphatic rings. The van der Waals surface area contributed by atoms with Gasteiger partial charge in [-0.15, -0.1) is 0 Å². The molecule has 8 heteroatoms. The van der Waals surface area contributed by atoms with Crippen LogP contribution in [0.15, 0.2) is 18.2 Å². The highest BCUT2D eigenvalue weighted by Gasteiger charge is 2.19. The highest BCUT2D eigenvalue weighted by Crippen LogP contribution is 2.23. The van der Waals surface area contributed by atoms with Crippen molar-refractivity contribution < 1.29 is 24.0 Å². The average molecular weight is 282 g/mol. The Morgan fingerprint density at radius 3 is 2.45 bits per heavy atom. The maximum absolute atomic E-state index is 11.7. The van der Waals surface area contributed by atoms with Crippen LogP contribution in [0.4, 0.5) is 16.2 Å². The standard InChI is InChI=1S/C12H14N2O6/c1-3-19-11(15)9-7-8(14(17)18)5-6-10(9)13-12(16)20-4-2/h5-7H,3-4H2,1-2H3,(H,13,16). The Labute approximate surface area is 114 Å². The Balaban J connectivity index is 3.11. The smallest absolute Gasteiger partial charge is 0.411 e. The van der Waals surface area contributed by atoms with Crippen molar-refractivity contribution in [2.45, 2.75) is 13.8 Å². The maximum atomic E-state index is 11.7. The van der Waals surface area contributed by atoms with Gasteiger partial charge in [-0.05, 0) is 19.9 Å². The summed E-state index contributed by atoms with van der Waals surface area (Å²) in [5.41, 5.74) is -0.288. The van der Waals surface area contributed by atoms with Crippen molar-refractivity contribution >= 4 is 23.4 Å². The second-order valence-electron chi connectivity index (χ2n) is 3.55. The summed E-state index contributed by atoms with van der Waals surface area (Å²) in [6.07, 6.45) is -0.757. The van der Waals surface area contributed by atoms with Gasteiger partial charge in [-0.25, -0.2) is 9.59 Å². The van der Waals surface area contributed by atoms with Crippen LogP contribution < -0.4 is 5.32 Å². The van der Waals surface area contributed by atoms with Crippen LogP contribution >= 0.6 is 0 Å². The van der Waals surface area contributed by atoms with Crippen molar-refractivity contribution in [3.63, 3.8) is 0 Å². The van der Waals surface area contributed by atoms with Crippen LogP contribution in [0.2, 0.25) is 0 Å². The van der Waals surface area contributed by atoms with Crippen LogP contribution in [0.25, 0.3) is 0 Å². The highest BCUT2D eigenvalue weighted by atomic mass is 16.6. The average Bonchev–Trinajstić information content (AvgIpc) is 2.39. The molecule has 0 spiro atoms. The minimum Gasteiger partial charge on any atom is -0.462 e. The molecule has 0 heterocycles. The molecule has 1 aromatic rings. The Morgan fingerprint density at radius 1 is 1.25 bits per heavy atom. The number of hydrogen-bond donors (Lipinski definition) is 1. The molecule has 0 unspecified atom stereocenters. The summed E-state index contributed by atoms with van der Waals surface area (Å²) >= 11 is 0. The summed E-state index contributed by atoms with van der Waals surface area (Å²) in [5.74, 6) is -0.761. The van der Waals surface area contributed by atoms with Gasteiger partial charge < -0.3 is 9.47 Å². The molecule has 108 valence electrons. The quantitative estimate of drug-likeness (QED) is 0.504. The van der Waals surface area contributed by atoms with Gasteiger partial charge in [0.05, 0.1) is 29.4 Å². The van der Waals surface area contributed by atoms with Gasteiger partial charge in [-0.2, -0.15) is 0 Å². The van der Waals surface area contributed by atoms with E-state index < -0.39 is 17.0 Å². The van der Waals surface area contributed by atoms with Crippen LogP contribution in [0.1, 0.15) is 24.2 Å². The molecule has 1 N–H and O–H groups in total. The summed E-state index contributed by atoms with van der Waals surface area (Å²) < 4.78 is 9.47. The topological polar surface area (TPSA) is 108 Å². The highest BCUT2D eigenvalue weighted by molar-refractivity contribution is 6.00. The van der Waals surface area contributed by atoms with Gasteiger partial charge in [0.2, 0.25) is 0 Å². The first-order chi connectivity index (χ1) is 9.49. The van der Waals surface area contributed by atoms with Crippen molar-refractivity contribution in [2.75, 3.05) is 18.5 Å². The number of esters is 1. The number of carbonyl (C=O) groups is 2. The lowest BCUT2D eigenvalue weighted by molar-refractivity contribution is -0.384. The molecule has 0 bridgehead atoms. The van der Waals surface area contributed by atoms with Crippen molar-refractivity contribution in [1.29, 1.82) is 0 Å². The van der Waals surface area contributed by atoms with E-state index in [1.165, 1.54) is 12.1 Å². The van der Waals surface area contributed by atoms with E-state index in [-0.39, 0.29) is 30.2 Å². The van der Waals surface area contributed by atoms with Crippen LogP contribution in [0.3, 0.4) is 0 Å². The number of hydrogen-bond acceptors (Lipinski definition) is 6. The lowest BCUT2D eigenvalue weighted by Crippen LogP contribution is -2.17. The monoisotopic (exact) mass is 282 g/mol. The predicted molar refractivity (Wildman–Crippen MR) is 69.7 cm³/mol. The van der Waals surface area contributed by atoms with Crippen molar-refractivity contribution in [2.24, 2.45) is 0 Å². The van der Waals surface area contributed by atoms with Crippen molar-refractivity contribution in [1.82, 2.24) is 0 Å². The molecular weight excluding hydrogens is 268 g/mol. The third kappa shape index (κ3) is 3.94. The lowest BCUT2D eigenvalue weighted by atomic mass is 10.1. The number of nitrogens with zero attached hydrogens (tertiary/aromatic N) is 1. The van der Waals surface area contributed by atoms with E-state index in [4.69, 9.17) is 4.74 Å². The van der Waals surface area contributed by atoms with E-state index in [1.54, 1.807) is 13.8 Å². The number of nitrogens with one attached hydrogen (secondary N) is 1. The minimum atomic E-state index is -0.761. The molecule has 20 heavy (non-hydrogen) atoms. The van der Waals surface area contributed by atoms with Crippen LogP contribution in [-0.2, 0) is 9.47 Å². The number of nitro groups is 1. The van der Waals surface area contributed by atoms with Gasteiger partial charge in [0, 0.05) is 12.1 Å². The molecule has 0 aromatic heterocycles. The van der Waals surface area contributed by atoms with Gasteiger partial charge in [0.15, 0.2) is 0 Å². The fourth-order valence-electron chi connectivity index (χ4n) is 1.41. The summed E-state index contributed by atoms with van der Waals surface area (Å²) in [4.78, 5) is 33.2. The summed E-state index contributed by atoms with van der Waals surface area (Å²) in [6.45, 7) is 3.50. The van der Waals surface area contributed by atoms with Gasteiger partial charge in [0.25, 0.3) is 5.69 Å². The number of amides is 1. The van der Waals surface area contributed by atoms with Crippen LogP contribution in [-0.4, -0.2) is 30.2 Å².